The number of benzene rings is 1. The second-order valence-electron chi connectivity index (χ2n) is 9.81. The fraction of sp³-hybridized carbons (Fsp3) is 0.433. The van der Waals surface area contributed by atoms with Crippen molar-refractivity contribution in [1.29, 1.82) is 0 Å². The number of ketones is 1. The molecule has 0 atom stereocenters. The number of rotatable bonds is 9. The summed E-state index contributed by atoms with van der Waals surface area (Å²) in [6.45, 7) is 10.2. The predicted molar refractivity (Wildman–Crippen MR) is 169 cm³/mol. The molecule has 0 bridgehead atoms. The molecule has 1 amide bonds. The van der Waals surface area contributed by atoms with E-state index in [2.05, 4.69) is 46.9 Å². The van der Waals surface area contributed by atoms with Crippen LogP contribution >= 0.6 is 24.8 Å². The quantitative estimate of drug-likeness (QED) is 0.240. The van der Waals surface area contributed by atoms with Gasteiger partial charge in [0.1, 0.15) is 0 Å². The molecule has 0 saturated carbocycles. The minimum absolute atomic E-state index is 0. The van der Waals surface area contributed by atoms with E-state index in [9.17, 15) is 9.59 Å². The van der Waals surface area contributed by atoms with Gasteiger partial charge in [-0.15, -0.1) is 11.3 Å². The molecule has 0 radical (unpaired) electrons. The number of thiophene rings is 1. The van der Waals surface area contributed by atoms with Gasteiger partial charge in [0.15, 0.2) is 11.6 Å². The summed E-state index contributed by atoms with van der Waals surface area (Å²) in [5.41, 5.74) is 2.89. The van der Waals surface area contributed by atoms with E-state index in [1.807, 2.05) is 41.6 Å². The summed E-state index contributed by atoms with van der Waals surface area (Å²) in [5, 5.41) is 8.15. The number of hydrogen-bond donors (Lipinski definition) is 1. The predicted octanol–water partition coefficient (Wildman–Crippen LogP) is 6.11. The Morgan fingerprint density at radius 3 is 2.60 bits per heavy atom. The van der Waals surface area contributed by atoms with Gasteiger partial charge in [-0.3, -0.25) is 19.6 Å². The van der Waals surface area contributed by atoms with Crippen molar-refractivity contribution in [3.63, 3.8) is 0 Å². The molecule has 214 valence electrons. The van der Waals surface area contributed by atoms with Gasteiger partial charge < -0.3 is 4.90 Å². The van der Waals surface area contributed by atoms with Crippen LogP contribution in [0.1, 0.15) is 57.8 Å². The molecule has 1 aromatic carbocycles. The number of nitrogens with zero attached hydrogens (tertiary/aromatic N) is 5. The van der Waals surface area contributed by atoms with Crippen LogP contribution in [0.15, 0.2) is 48.8 Å². The van der Waals surface area contributed by atoms with Gasteiger partial charge in [-0.1, -0.05) is 51.8 Å². The molecule has 1 aliphatic rings. The first-order chi connectivity index (χ1) is 19.0. The number of aromatic nitrogens is 4. The van der Waals surface area contributed by atoms with Crippen LogP contribution in [0.25, 0.3) is 32.5 Å². The van der Waals surface area contributed by atoms with E-state index in [-0.39, 0.29) is 25.2 Å². The molecule has 3 aromatic heterocycles. The minimum atomic E-state index is 0. The van der Waals surface area contributed by atoms with E-state index in [0.717, 1.165) is 59.2 Å². The van der Waals surface area contributed by atoms with Crippen LogP contribution in [-0.2, 0) is 16.1 Å². The van der Waals surface area contributed by atoms with Crippen molar-refractivity contribution in [2.45, 2.75) is 59.4 Å². The van der Waals surface area contributed by atoms with Gasteiger partial charge in [-0.2, -0.15) is 18.6 Å². The SMILES string of the molecule is CCC.CCC/C=C/C(=O)CCC(=O)N1CCN(Cc2cc3nc(-c4cccc5[nH]ncc45)ncc3s2)CC1.S. The zero-order valence-corrected chi connectivity index (χ0v) is 25.5. The zero-order chi connectivity index (χ0) is 27.6. The summed E-state index contributed by atoms with van der Waals surface area (Å²) >= 11 is 1.72. The average molecular weight is 581 g/mol. The van der Waals surface area contributed by atoms with Crippen LogP contribution in [-0.4, -0.2) is 67.8 Å². The Labute approximate surface area is 247 Å². The van der Waals surface area contributed by atoms with Crippen molar-refractivity contribution in [1.82, 2.24) is 30.0 Å². The van der Waals surface area contributed by atoms with Crippen LogP contribution in [0.3, 0.4) is 0 Å². The van der Waals surface area contributed by atoms with Crippen LogP contribution in [0.2, 0.25) is 0 Å². The summed E-state index contributed by atoms with van der Waals surface area (Å²) in [6, 6.07) is 8.14. The van der Waals surface area contributed by atoms with Crippen molar-refractivity contribution in [2.75, 3.05) is 26.2 Å². The molecule has 40 heavy (non-hydrogen) atoms. The molecule has 4 heterocycles. The summed E-state index contributed by atoms with van der Waals surface area (Å²) in [7, 11) is 0. The summed E-state index contributed by atoms with van der Waals surface area (Å²) in [6.07, 6.45) is 11.0. The van der Waals surface area contributed by atoms with E-state index in [1.165, 1.54) is 11.3 Å². The van der Waals surface area contributed by atoms with Crippen molar-refractivity contribution in [2.24, 2.45) is 0 Å². The van der Waals surface area contributed by atoms with Crippen LogP contribution < -0.4 is 0 Å². The number of piperazine rings is 1. The van der Waals surface area contributed by atoms with Crippen LogP contribution in [0.4, 0.5) is 0 Å². The third-order valence-electron chi connectivity index (χ3n) is 6.50. The molecule has 1 aliphatic heterocycles. The lowest BCUT2D eigenvalue weighted by molar-refractivity contribution is -0.134. The molecule has 5 rings (SSSR count). The second kappa shape index (κ2) is 15.6. The third kappa shape index (κ3) is 8.22. The number of fused-ring (bicyclic) bond motifs is 2. The van der Waals surface area contributed by atoms with Gasteiger partial charge >= 0.3 is 0 Å². The number of aromatic amines is 1. The first-order valence-electron chi connectivity index (χ1n) is 13.9. The monoisotopic (exact) mass is 580 g/mol. The highest BCUT2D eigenvalue weighted by molar-refractivity contribution is 7.59. The molecule has 0 aliphatic carbocycles. The summed E-state index contributed by atoms with van der Waals surface area (Å²) < 4.78 is 1.07. The highest BCUT2D eigenvalue weighted by atomic mass is 32.1. The van der Waals surface area contributed by atoms with Crippen molar-refractivity contribution in [3.05, 3.63) is 53.7 Å². The van der Waals surface area contributed by atoms with E-state index >= 15 is 0 Å². The lowest BCUT2D eigenvalue weighted by atomic mass is 10.1. The number of amides is 1. The second-order valence-corrected chi connectivity index (χ2v) is 11.0. The maximum atomic E-state index is 12.5. The number of H-pyrrole nitrogens is 1. The molecule has 1 saturated heterocycles. The van der Waals surface area contributed by atoms with Gasteiger partial charge in [0.25, 0.3) is 0 Å². The fourth-order valence-electron chi connectivity index (χ4n) is 4.49. The first kappa shape index (κ1) is 31.4. The lowest BCUT2D eigenvalue weighted by Gasteiger charge is -2.34. The van der Waals surface area contributed by atoms with Crippen molar-refractivity contribution < 1.29 is 9.59 Å². The normalized spacial score (nSPS) is 13.8. The molecule has 0 unspecified atom stereocenters. The van der Waals surface area contributed by atoms with Gasteiger partial charge in [-0.25, -0.2) is 9.97 Å². The average Bonchev–Trinajstić information content (AvgIpc) is 3.59. The number of carbonyl (C=O) groups excluding carboxylic acids is 2. The topological polar surface area (TPSA) is 95.1 Å². The van der Waals surface area contributed by atoms with Crippen molar-refractivity contribution in [3.8, 4) is 11.4 Å². The Hall–Kier alpha value is -3.08. The maximum Gasteiger partial charge on any atom is 0.223 e. The Morgan fingerprint density at radius 2 is 1.85 bits per heavy atom. The molecule has 10 heteroatoms. The van der Waals surface area contributed by atoms with E-state index in [4.69, 9.17) is 4.98 Å². The first-order valence-corrected chi connectivity index (χ1v) is 14.7. The van der Waals surface area contributed by atoms with E-state index in [0.29, 0.717) is 31.8 Å². The Balaban J connectivity index is 0.00000106. The zero-order valence-electron chi connectivity index (χ0n) is 23.7. The smallest absolute Gasteiger partial charge is 0.223 e. The summed E-state index contributed by atoms with van der Waals surface area (Å²) in [5.74, 6) is 0.808. The number of nitrogens with one attached hydrogen (secondary N) is 1. The summed E-state index contributed by atoms with van der Waals surface area (Å²) in [4.78, 5) is 39.4. The minimum Gasteiger partial charge on any atom is -0.340 e. The van der Waals surface area contributed by atoms with Gasteiger partial charge in [0.2, 0.25) is 5.91 Å². The molecule has 8 nitrogen and oxygen atoms in total. The van der Waals surface area contributed by atoms with E-state index in [1.54, 1.807) is 17.4 Å². The Kier molecular flexibility index (Phi) is 12.3. The fourth-order valence-corrected chi connectivity index (χ4v) is 5.50. The molecule has 1 N–H and O–H groups in total. The van der Waals surface area contributed by atoms with Crippen LogP contribution in [0, 0.1) is 0 Å². The largest absolute Gasteiger partial charge is 0.340 e. The Morgan fingerprint density at radius 1 is 1.07 bits per heavy atom. The van der Waals surface area contributed by atoms with E-state index < -0.39 is 0 Å². The molecule has 0 spiro atoms. The number of unbranched alkanes of at least 4 members (excludes halogenated alkanes) is 1. The van der Waals surface area contributed by atoms with Gasteiger partial charge in [0, 0.05) is 67.6 Å². The Bertz CT molecular complexity index is 1420. The maximum absolute atomic E-state index is 12.5. The number of carbonyl (C=O) groups is 2. The lowest BCUT2D eigenvalue weighted by Crippen LogP contribution is -2.48. The highest BCUT2D eigenvalue weighted by Gasteiger charge is 2.22. The van der Waals surface area contributed by atoms with Crippen molar-refractivity contribution >= 4 is 57.6 Å². The number of allylic oxidation sites excluding steroid dienone is 2. The molecule has 4 aromatic rings. The highest BCUT2D eigenvalue weighted by Crippen LogP contribution is 2.29. The molecular weight excluding hydrogens is 541 g/mol. The van der Waals surface area contributed by atoms with Crippen LogP contribution in [0.5, 0.6) is 0 Å². The molecule has 1 fully saturated rings. The third-order valence-corrected chi connectivity index (χ3v) is 7.54. The standard InChI is InChI=1S/C27H30N6O2S.C3H8.H2S/c1-2-3-4-6-19(34)9-10-26(35)33-13-11-32(12-14-33)18-20-15-24-25(36-20)17-28-27(30-24)21-7-5-8-23-22(21)16-29-31-23;1-3-2;/h4-8,15-17H,2-3,9-14,18H2,1H3,(H,29,31);3H2,1-2H3;1H2/b6-4+;;. The number of hydrogen-bond acceptors (Lipinski definition) is 7. The van der Waals surface area contributed by atoms with Gasteiger partial charge in [-0.05, 0) is 24.6 Å². The van der Waals surface area contributed by atoms with Gasteiger partial charge in [0.05, 0.1) is 21.9 Å². The molecular formula is C30H40N6O2S2.